The van der Waals surface area contributed by atoms with Crippen molar-refractivity contribution < 1.29 is 9.50 Å². The Morgan fingerprint density at radius 1 is 1.35 bits per heavy atom. The number of nitrogens with zero attached hydrogens (tertiary/aromatic N) is 1. The molecule has 3 nitrogen and oxygen atoms in total. The van der Waals surface area contributed by atoms with Crippen LogP contribution in [0.3, 0.4) is 0 Å². The second-order valence-corrected chi connectivity index (χ2v) is 4.72. The Balaban J connectivity index is 2.15. The molecule has 17 heavy (non-hydrogen) atoms. The lowest BCUT2D eigenvalue weighted by atomic mass is 10.2. The third-order valence-corrected chi connectivity index (χ3v) is 3.23. The molecule has 1 aromatic heterocycles. The van der Waals surface area contributed by atoms with Gasteiger partial charge in [-0.2, -0.15) is 0 Å². The summed E-state index contributed by atoms with van der Waals surface area (Å²) in [6.45, 7) is -0.0501. The average molecular weight is 252 g/mol. The van der Waals surface area contributed by atoms with Crippen LogP contribution in [0.15, 0.2) is 29.6 Å². The topological polar surface area (TPSA) is 59.1 Å². The number of thiazole rings is 1. The summed E-state index contributed by atoms with van der Waals surface area (Å²) in [5.74, 6) is -0.258. The standard InChI is InChI=1S/C12H13FN2OS/c13-9-3-1-8(2-4-9)11-7-17-12(15-11)5-10(14)6-16/h1-4,7,10,16H,5-6,14H2. The highest BCUT2D eigenvalue weighted by Gasteiger charge is 2.08. The first-order valence-electron chi connectivity index (χ1n) is 5.26. The first kappa shape index (κ1) is 12.2. The van der Waals surface area contributed by atoms with E-state index in [1.807, 2.05) is 5.38 Å². The fourth-order valence-corrected chi connectivity index (χ4v) is 2.34. The second kappa shape index (κ2) is 5.35. The Labute approximate surface area is 103 Å². The summed E-state index contributed by atoms with van der Waals surface area (Å²) in [5.41, 5.74) is 7.34. The predicted octanol–water partition coefficient (Wildman–Crippen LogP) is 1.81. The van der Waals surface area contributed by atoms with Crippen LogP contribution in [0.4, 0.5) is 4.39 Å². The van der Waals surface area contributed by atoms with Crippen molar-refractivity contribution >= 4 is 11.3 Å². The minimum Gasteiger partial charge on any atom is -0.395 e. The quantitative estimate of drug-likeness (QED) is 0.872. The van der Waals surface area contributed by atoms with E-state index in [-0.39, 0.29) is 18.5 Å². The molecule has 0 saturated carbocycles. The smallest absolute Gasteiger partial charge is 0.123 e. The molecule has 0 saturated heterocycles. The van der Waals surface area contributed by atoms with Gasteiger partial charge in [-0.15, -0.1) is 11.3 Å². The maximum atomic E-state index is 12.8. The fourth-order valence-electron chi connectivity index (χ4n) is 1.45. The highest BCUT2D eigenvalue weighted by atomic mass is 32.1. The molecule has 0 amide bonds. The molecule has 0 radical (unpaired) electrons. The van der Waals surface area contributed by atoms with Crippen molar-refractivity contribution in [3.8, 4) is 11.3 Å². The van der Waals surface area contributed by atoms with E-state index in [0.717, 1.165) is 16.3 Å². The van der Waals surface area contributed by atoms with Gasteiger partial charge in [-0.25, -0.2) is 9.37 Å². The van der Waals surface area contributed by atoms with E-state index in [1.54, 1.807) is 12.1 Å². The monoisotopic (exact) mass is 252 g/mol. The number of aromatic nitrogens is 1. The molecule has 3 N–H and O–H groups in total. The summed E-state index contributed by atoms with van der Waals surface area (Å²) in [5, 5.41) is 11.7. The molecule has 2 aromatic rings. The Kier molecular flexibility index (Phi) is 3.83. The number of aliphatic hydroxyl groups is 1. The Bertz CT molecular complexity index is 484. The Morgan fingerprint density at radius 3 is 2.71 bits per heavy atom. The molecule has 1 atom stereocenters. The fraction of sp³-hybridized carbons (Fsp3) is 0.250. The second-order valence-electron chi connectivity index (χ2n) is 3.78. The number of rotatable bonds is 4. The van der Waals surface area contributed by atoms with Gasteiger partial charge in [0.05, 0.1) is 17.3 Å². The zero-order valence-corrected chi connectivity index (χ0v) is 9.95. The van der Waals surface area contributed by atoms with Gasteiger partial charge in [0.2, 0.25) is 0 Å². The summed E-state index contributed by atoms with van der Waals surface area (Å²) in [4.78, 5) is 4.40. The first-order chi connectivity index (χ1) is 8.19. The summed E-state index contributed by atoms with van der Waals surface area (Å²) in [6, 6.07) is 5.93. The summed E-state index contributed by atoms with van der Waals surface area (Å²) in [6.07, 6.45) is 0.558. The number of benzene rings is 1. The van der Waals surface area contributed by atoms with Crippen LogP contribution in [0.25, 0.3) is 11.3 Å². The molecule has 5 heteroatoms. The van der Waals surface area contributed by atoms with E-state index in [2.05, 4.69) is 4.98 Å². The highest BCUT2D eigenvalue weighted by Crippen LogP contribution is 2.22. The molecule has 0 fully saturated rings. The van der Waals surface area contributed by atoms with Crippen LogP contribution in [0.2, 0.25) is 0 Å². The van der Waals surface area contributed by atoms with Gasteiger partial charge in [0.15, 0.2) is 0 Å². The zero-order valence-electron chi connectivity index (χ0n) is 9.14. The lowest BCUT2D eigenvalue weighted by Gasteiger charge is -2.03. The molecule has 2 rings (SSSR count). The van der Waals surface area contributed by atoms with Crippen LogP contribution in [-0.4, -0.2) is 22.7 Å². The van der Waals surface area contributed by atoms with E-state index in [1.165, 1.54) is 23.5 Å². The Morgan fingerprint density at radius 2 is 2.06 bits per heavy atom. The number of aliphatic hydroxyl groups excluding tert-OH is 1. The van der Waals surface area contributed by atoms with Crippen molar-refractivity contribution in [2.24, 2.45) is 5.73 Å². The van der Waals surface area contributed by atoms with E-state index < -0.39 is 0 Å². The van der Waals surface area contributed by atoms with Gasteiger partial charge in [0.1, 0.15) is 5.82 Å². The van der Waals surface area contributed by atoms with Gasteiger partial charge in [-0.1, -0.05) is 0 Å². The molecule has 1 heterocycles. The van der Waals surface area contributed by atoms with Crippen LogP contribution in [0.1, 0.15) is 5.01 Å². The van der Waals surface area contributed by atoms with Crippen LogP contribution >= 0.6 is 11.3 Å². The van der Waals surface area contributed by atoms with Crippen LogP contribution < -0.4 is 5.73 Å². The largest absolute Gasteiger partial charge is 0.395 e. The molecule has 0 aliphatic heterocycles. The minimum atomic E-state index is -0.276. The van der Waals surface area contributed by atoms with Gasteiger partial charge >= 0.3 is 0 Å². The highest BCUT2D eigenvalue weighted by molar-refractivity contribution is 7.09. The first-order valence-corrected chi connectivity index (χ1v) is 6.14. The van der Waals surface area contributed by atoms with Crippen LogP contribution in [0, 0.1) is 5.82 Å². The molecule has 0 spiro atoms. The molecule has 0 bridgehead atoms. The zero-order chi connectivity index (χ0) is 12.3. The molecular formula is C12H13FN2OS. The molecule has 1 unspecified atom stereocenters. The van der Waals surface area contributed by atoms with Gasteiger partial charge in [-0.05, 0) is 24.3 Å². The maximum absolute atomic E-state index is 12.8. The summed E-state index contributed by atoms with van der Waals surface area (Å²) < 4.78 is 12.8. The van der Waals surface area contributed by atoms with Gasteiger partial charge in [0.25, 0.3) is 0 Å². The summed E-state index contributed by atoms with van der Waals surface area (Å²) in [7, 11) is 0. The molecule has 90 valence electrons. The number of hydrogen-bond acceptors (Lipinski definition) is 4. The van der Waals surface area contributed by atoms with Gasteiger partial charge in [0, 0.05) is 23.4 Å². The van der Waals surface area contributed by atoms with Crippen molar-refractivity contribution in [2.45, 2.75) is 12.5 Å². The lowest BCUT2D eigenvalue weighted by Crippen LogP contribution is -2.26. The van der Waals surface area contributed by atoms with E-state index >= 15 is 0 Å². The average Bonchev–Trinajstić information content (AvgIpc) is 2.78. The van der Waals surface area contributed by atoms with Crippen molar-refractivity contribution in [3.05, 3.63) is 40.5 Å². The number of halogens is 1. The normalized spacial score (nSPS) is 12.6. The van der Waals surface area contributed by atoms with Gasteiger partial charge < -0.3 is 10.8 Å². The summed E-state index contributed by atoms with van der Waals surface area (Å²) >= 11 is 1.50. The third-order valence-electron chi connectivity index (χ3n) is 2.36. The minimum absolute atomic E-state index is 0.0501. The molecule has 1 aromatic carbocycles. The van der Waals surface area contributed by atoms with Crippen molar-refractivity contribution in [2.75, 3.05) is 6.61 Å². The van der Waals surface area contributed by atoms with Gasteiger partial charge in [-0.3, -0.25) is 0 Å². The van der Waals surface area contributed by atoms with Crippen molar-refractivity contribution in [3.63, 3.8) is 0 Å². The molecule has 0 aliphatic carbocycles. The van der Waals surface area contributed by atoms with E-state index in [4.69, 9.17) is 10.8 Å². The Hall–Kier alpha value is -1.30. The van der Waals surface area contributed by atoms with Crippen LogP contribution in [-0.2, 0) is 6.42 Å². The van der Waals surface area contributed by atoms with Crippen molar-refractivity contribution in [1.29, 1.82) is 0 Å². The SMILES string of the molecule is NC(CO)Cc1nc(-c2ccc(F)cc2)cs1. The molecular weight excluding hydrogens is 239 g/mol. The maximum Gasteiger partial charge on any atom is 0.123 e. The third kappa shape index (κ3) is 3.09. The van der Waals surface area contributed by atoms with Crippen molar-refractivity contribution in [1.82, 2.24) is 4.98 Å². The lowest BCUT2D eigenvalue weighted by molar-refractivity contribution is 0.265. The molecule has 0 aliphatic rings. The van der Waals surface area contributed by atoms with Crippen LogP contribution in [0.5, 0.6) is 0 Å². The predicted molar refractivity (Wildman–Crippen MR) is 66.3 cm³/mol. The van der Waals surface area contributed by atoms with E-state index in [9.17, 15) is 4.39 Å². The number of hydrogen-bond donors (Lipinski definition) is 2. The number of nitrogens with two attached hydrogens (primary N) is 1. The van der Waals surface area contributed by atoms with E-state index in [0.29, 0.717) is 6.42 Å².